The number of halogens is 1. The Balaban J connectivity index is 1.54. The minimum absolute atomic E-state index is 0.317. The van der Waals surface area contributed by atoms with Crippen molar-refractivity contribution in [3.8, 4) is 34.0 Å². The fourth-order valence-corrected chi connectivity index (χ4v) is 3.97. The van der Waals surface area contributed by atoms with Gasteiger partial charge in [0.15, 0.2) is 5.75 Å². The Morgan fingerprint density at radius 3 is 2.26 bits per heavy atom. The van der Waals surface area contributed by atoms with E-state index in [4.69, 9.17) is 27.8 Å². The summed E-state index contributed by atoms with van der Waals surface area (Å²) in [4.78, 5) is 12.4. The first-order chi connectivity index (χ1) is 16.6. The summed E-state index contributed by atoms with van der Waals surface area (Å²) in [6, 6.07) is 23.4. The molecular formula is C26H21ClN6O. The van der Waals surface area contributed by atoms with Crippen LogP contribution >= 0.6 is 11.6 Å². The van der Waals surface area contributed by atoms with Crippen molar-refractivity contribution >= 4 is 23.1 Å². The van der Waals surface area contributed by atoms with E-state index in [1.807, 2.05) is 54.6 Å². The molecule has 2 aromatic carbocycles. The zero-order chi connectivity index (χ0) is 23.5. The standard InChI is InChI=1S/C26H21ClN6O/c27-22-4-2-1-3-21(22)25-12-11-24(33(25)15-18-7-10-23(28)26(29)32-18)17-5-8-19(9-6-17)34-20-13-30-16-31-14-20/h1-14,16H,15,28H2,(H2,29,32). The lowest BCUT2D eigenvalue weighted by Gasteiger charge is -2.15. The highest BCUT2D eigenvalue weighted by Crippen LogP contribution is 2.34. The van der Waals surface area contributed by atoms with Crippen LogP contribution in [0, 0.1) is 0 Å². The van der Waals surface area contributed by atoms with Gasteiger partial charge in [-0.1, -0.05) is 29.8 Å². The number of aromatic nitrogens is 4. The van der Waals surface area contributed by atoms with Crippen molar-refractivity contribution in [2.75, 3.05) is 11.5 Å². The zero-order valence-corrected chi connectivity index (χ0v) is 18.9. The molecule has 168 valence electrons. The number of nitrogens with zero attached hydrogens (tertiary/aromatic N) is 4. The summed E-state index contributed by atoms with van der Waals surface area (Å²) in [6.45, 7) is 0.493. The number of pyridine rings is 1. The van der Waals surface area contributed by atoms with Gasteiger partial charge in [-0.3, -0.25) is 0 Å². The Morgan fingerprint density at radius 1 is 0.794 bits per heavy atom. The van der Waals surface area contributed by atoms with Gasteiger partial charge < -0.3 is 20.8 Å². The highest BCUT2D eigenvalue weighted by molar-refractivity contribution is 6.33. The van der Waals surface area contributed by atoms with E-state index in [0.29, 0.717) is 34.6 Å². The minimum Gasteiger partial charge on any atom is -0.454 e. The van der Waals surface area contributed by atoms with Gasteiger partial charge in [-0.2, -0.15) is 0 Å². The van der Waals surface area contributed by atoms with Crippen LogP contribution in [0.25, 0.3) is 22.5 Å². The molecule has 0 saturated carbocycles. The maximum absolute atomic E-state index is 6.54. The molecule has 5 aromatic rings. The molecule has 0 bridgehead atoms. The van der Waals surface area contributed by atoms with Crippen molar-refractivity contribution in [1.29, 1.82) is 0 Å². The van der Waals surface area contributed by atoms with Gasteiger partial charge in [0, 0.05) is 16.3 Å². The number of nitrogen functional groups attached to an aromatic ring is 2. The molecule has 3 heterocycles. The topological polar surface area (TPSA) is 105 Å². The number of rotatable bonds is 6. The Hall–Kier alpha value is -4.36. The number of nitrogens with two attached hydrogens (primary N) is 2. The number of hydrogen-bond donors (Lipinski definition) is 2. The fraction of sp³-hybridized carbons (Fsp3) is 0.0385. The highest BCUT2D eigenvalue weighted by atomic mass is 35.5. The average molecular weight is 469 g/mol. The Morgan fingerprint density at radius 2 is 1.53 bits per heavy atom. The summed E-state index contributed by atoms with van der Waals surface area (Å²) in [5, 5.41) is 0.673. The van der Waals surface area contributed by atoms with E-state index in [9.17, 15) is 0 Å². The van der Waals surface area contributed by atoms with Crippen molar-refractivity contribution in [1.82, 2.24) is 19.5 Å². The van der Waals surface area contributed by atoms with Gasteiger partial charge in [0.2, 0.25) is 0 Å². The maximum atomic E-state index is 6.54. The average Bonchev–Trinajstić information content (AvgIpc) is 3.26. The normalized spacial score (nSPS) is 10.9. The van der Waals surface area contributed by atoms with Crippen LogP contribution in [0.5, 0.6) is 11.5 Å². The van der Waals surface area contributed by atoms with Gasteiger partial charge in [0.05, 0.1) is 36.0 Å². The van der Waals surface area contributed by atoms with Gasteiger partial charge in [0.1, 0.15) is 17.9 Å². The largest absolute Gasteiger partial charge is 0.454 e. The van der Waals surface area contributed by atoms with Crippen LogP contribution in [0.4, 0.5) is 11.5 Å². The lowest BCUT2D eigenvalue weighted by atomic mass is 10.1. The van der Waals surface area contributed by atoms with E-state index in [0.717, 1.165) is 28.2 Å². The van der Waals surface area contributed by atoms with Crippen LogP contribution in [-0.2, 0) is 6.54 Å². The van der Waals surface area contributed by atoms with Gasteiger partial charge in [-0.15, -0.1) is 0 Å². The Labute approximate surface area is 201 Å². The van der Waals surface area contributed by atoms with E-state index in [1.165, 1.54) is 6.33 Å². The molecule has 34 heavy (non-hydrogen) atoms. The molecule has 0 amide bonds. The van der Waals surface area contributed by atoms with E-state index in [2.05, 4.69) is 31.7 Å². The second kappa shape index (κ2) is 9.25. The van der Waals surface area contributed by atoms with Crippen LogP contribution in [0.3, 0.4) is 0 Å². The van der Waals surface area contributed by atoms with E-state index in [-0.39, 0.29) is 0 Å². The molecule has 0 aliphatic carbocycles. The quantitative estimate of drug-likeness (QED) is 0.333. The number of hydrogen-bond acceptors (Lipinski definition) is 6. The molecule has 0 atom stereocenters. The molecular weight excluding hydrogens is 448 g/mol. The SMILES string of the molecule is Nc1ccc(Cn2c(-c3ccc(Oc4cncnc4)cc3)ccc2-c2ccccc2Cl)nc1N. The summed E-state index contributed by atoms with van der Waals surface area (Å²) in [5.41, 5.74) is 17.0. The molecule has 0 spiro atoms. The summed E-state index contributed by atoms with van der Waals surface area (Å²) in [5.74, 6) is 1.58. The van der Waals surface area contributed by atoms with Gasteiger partial charge >= 0.3 is 0 Å². The second-order valence-corrected chi connectivity index (χ2v) is 8.05. The zero-order valence-electron chi connectivity index (χ0n) is 18.1. The minimum atomic E-state index is 0.317. The monoisotopic (exact) mass is 468 g/mol. The fourth-order valence-electron chi connectivity index (χ4n) is 3.74. The predicted octanol–water partition coefficient (Wildman–Crippen LogP) is 5.67. The lowest BCUT2D eigenvalue weighted by molar-refractivity contribution is 0.477. The van der Waals surface area contributed by atoms with Gasteiger partial charge in [-0.25, -0.2) is 15.0 Å². The molecule has 4 N–H and O–H groups in total. The summed E-state index contributed by atoms with van der Waals surface area (Å²) in [7, 11) is 0. The summed E-state index contributed by atoms with van der Waals surface area (Å²) < 4.78 is 7.99. The van der Waals surface area contributed by atoms with E-state index >= 15 is 0 Å². The van der Waals surface area contributed by atoms with Crippen molar-refractivity contribution in [3.05, 3.63) is 102 Å². The van der Waals surface area contributed by atoms with Crippen molar-refractivity contribution < 1.29 is 4.74 Å². The third kappa shape index (κ3) is 4.42. The Bertz CT molecular complexity index is 1430. The van der Waals surface area contributed by atoms with Gasteiger partial charge in [0.25, 0.3) is 0 Å². The predicted molar refractivity (Wildman–Crippen MR) is 135 cm³/mol. The maximum Gasteiger partial charge on any atom is 0.163 e. The summed E-state index contributed by atoms with van der Waals surface area (Å²) in [6.07, 6.45) is 4.70. The number of anilines is 2. The first-order valence-electron chi connectivity index (χ1n) is 10.6. The first kappa shape index (κ1) is 21.5. The van der Waals surface area contributed by atoms with Crippen molar-refractivity contribution in [2.24, 2.45) is 0 Å². The molecule has 0 aliphatic rings. The number of ether oxygens (including phenoxy) is 1. The molecule has 3 aromatic heterocycles. The second-order valence-electron chi connectivity index (χ2n) is 7.65. The highest BCUT2D eigenvalue weighted by Gasteiger charge is 2.15. The molecule has 0 fully saturated rings. The molecule has 0 radical (unpaired) electrons. The third-order valence-corrected chi connectivity index (χ3v) is 5.72. The molecule has 0 aliphatic heterocycles. The molecule has 0 unspecified atom stereocenters. The van der Waals surface area contributed by atoms with Crippen molar-refractivity contribution in [3.63, 3.8) is 0 Å². The third-order valence-electron chi connectivity index (χ3n) is 5.39. The first-order valence-corrected chi connectivity index (χ1v) is 10.9. The smallest absolute Gasteiger partial charge is 0.163 e. The molecule has 7 nitrogen and oxygen atoms in total. The van der Waals surface area contributed by atoms with Gasteiger partial charge in [-0.05, 0) is 60.2 Å². The van der Waals surface area contributed by atoms with E-state index in [1.54, 1.807) is 18.5 Å². The molecule has 0 saturated heterocycles. The lowest BCUT2D eigenvalue weighted by Crippen LogP contribution is -2.08. The van der Waals surface area contributed by atoms with Crippen LogP contribution in [0.2, 0.25) is 5.02 Å². The molecule has 5 rings (SSSR count). The van der Waals surface area contributed by atoms with Crippen LogP contribution in [0.15, 0.2) is 91.5 Å². The summed E-state index contributed by atoms with van der Waals surface area (Å²) >= 11 is 6.54. The molecule has 8 heteroatoms. The van der Waals surface area contributed by atoms with E-state index < -0.39 is 0 Å². The Kier molecular flexibility index (Phi) is 5.84. The van der Waals surface area contributed by atoms with Crippen LogP contribution < -0.4 is 16.2 Å². The van der Waals surface area contributed by atoms with Crippen LogP contribution in [-0.4, -0.2) is 19.5 Å². The number of benzene rings is 2. The van der Waals surface area contributed by atoms with Crippen molar-refractivity contribution in [2.45, 2.75) is 6.54 Å². The van der Waals surface area contributed by atoms with Crippen LogP contribution in [0.1, 0.15) is 5.69 Å².